The number of hydrogen-bond acceptors (Lipinski definition) is 4. The highest BCUT2D eigenvalue weighted by molar-refractivity contribution is 5.70. The largest absolute Gasteiger partial charge is 0.438 e. The fourth-order valence-electron chi connectivity index (χ4n) is 3.91. The third-order valence-electron chi connectivity index (χ3n) is 5.28. The molecule has 0 aliphatic carbocycles. The summed E-state index contributed by atoms with van der Waals surface area (Å²) in [6.07, 6.45) is 0.526. The van der Waals surface area contributed by atoms with Gasteiger partial charge in [0, 0.05) is 19.4 Å². The first-order valence-corrected chi connectivity index (χ1v) is 9.52. The minimum absolute atomic E-state index is 0.170. The second-order valence-corrected chi connectivity index (χ2v) is 8.07. The van der Waals surface area contributed by atoms with E-state index in [1.807, 2.05) is 49.4 Å². The zero-order valence-electron chi connectivity index (χ0n) is 16.6. The molecule has 1 heterocycles. The lowest BCUT2D eigenvalue weighted by atomic mass is 9.80. The molecular weight excluding hydrogens is 352 g/mol. The van der Waals surface area contributed by atoms with Gasteiger partial charge in [-0.2, -0.15) is 5.26 Å². The lowest BCUT2D eigenvalue weighted by Gasteiger charge is -2.45. The highest BCUT2D eigenvalue weighted by Crippen LogP contribution is 2.42. The monoisotopic (exact) mass is 378 g/mol. The number of carbonyl (C=O) groups is 1. The van der Waals surface area contributed by atoms with Crippen molar-refractivity contribution in [2.45, 2.75) is 50.9 Å². The van der Waals surface area contributed by atoms with Gasteiger partial charge in [-0.3, -0.25) is 0 Å². The number of cyclic esters (lactones) is 1. The average molecular weight is 378 g/mol. The molecule has 1 aliphatic rings. The summed E-state index contributed by atoms with van der Waals surface area (Å²) < 4.78 is 6.01. The van der Waals surface area contributed by atoms with Crippen molar-refractivity contribution in [3.8, 4) is 6.07 Å². The lowest BCUT2D eigenvalue weighted by Crippen LogP contribution is -2.51. The van der Waals surface area contributed by atoms with Crippen LogP contribution in [-0.4, -0.2) is 28.2 Å². The number of benzene rings is 2. The van der Waals surface area contributed by atoms with Crippen LogP contribution < -0.4 is 0 Å². The lowest BCUT2D eigenvalue weighted by molar-refractivity contribution is -0.101. The minimum Gasteiger partial charge on any atom is -0.438 e. The van der Waals surface area contributed by atoms with Gasteiger partial charge in [-0.15, -0.1) is 0 Å². The molecule has 5 heteroatoms. The van der Waals surface area contributed by atoms with Gasteiger partial charge in [-0.05, 0) is 44.0 Å². The van der Waals surface area contributed by atoms with Crippen LogP contribution in [0.25, 0.3) is 0 Å². The van der Waals surface area contributed by atoms with Gasteiger partial charge in [0.05, 0.1) is 23.3 Å². The molecule has 0 saturated carbocycles. The Morgan fingerprint density at radius 1 is 1.21 bits per heavy atom. The topological polar surface area (TPSA) is 73.6 Å². The molecule has 2 atom stereocenters. The maximum absolute atomic E-state index is 13.0. The van der Waals surface area contributed by atoms with Gasteiger partial charge in [-0.25, -0.2) is 4.79 Å². The van der Waals surface area contributed by atoms with E-state index in [4.69, 9.17) is 10.00 Å². The predicted octanol–water partition coefficient (Wildman–Crippen LogP) is 4.52. The summed E-state index contributed by atoms with van der Waals surface area (Å²) in [7, 11) is 0. The van der Waals surface area contributed by atoms with Crippen molar-refractivity contribution in [1.82, 2.24) is 4.90 Å². The molecule has 28 heavy (non-hydrogen) atoms. The van der Waals surface area contributed by atoms with E-state index in [1.165, 1.54) is 0 Å². The van der Waals surface area contributed by atoms with Crippen molar-refractivity contribution in [3.05, 3.63) is 71.3 Å². The number of hydrogen-bond donors (Lipinski definition) is 1. The summed E-state index contributed by atoms with van der Waals surface area (Å²) >= 11 is 0. The van der Waals surface area contributed by atoms with Gasteiger partial charge >= 0.3 is 6.09 Å². The molecule has 0 spiro atoms. The van der Waals surface area contributed by atoms with Crippen molar-refractivity contribution in [3.63, 3.8) is 0 Å². The molecule has 1 amide bonds. The molecule has 2 unspecified atom stereocenters. The summed E-state index contributed by atoms with van der Waals surface area (Å²) in [6, 6.07) is 18.8. The molecule has 5 nitrogen and oxygen atoms in total. The van der Waals surface area contributed by atoms with Gasteiger partial charge in [-0.1, -0.05) is 42.5 Å². The normalized spacial score (nSPS) is 21.0. The Balaban J connectivity index is 1.85. The van der Waals surface area contributed by atoms with Crippen molar-refractivity contribution >= 4 is 6.09 Å². The summed E-state index contributed by atoms with van der Waals surface area (Å²) in [5.41, 5.74) is 0.612. The van der Waals surface area contributed by atoms with Crippen LogP contribution in [0, 0.1) is 11.3 Å². The van der Waals surface area contributed by atoms with Crippen molar-refractivity contribution in [2.24, 2.45) is 0 Å². The van der Waals surface area contributed by atoms with E-state index in [2.05, 4.69) is 6.07 Å². The van der Waals surface area contributed by atoms with E-state index in [-0.39, 0.29) is 6.04 Å². The second-order valence-electron chi connectivity index (χ2n) is 8.07. The van der Waals surface area contributed by atoms with E-state index < -0.39 is 17.3 Å². The molecule has 1 N–H and O–H groups in total. The number of ether oxygens (including phenoxy) is 1. The first-order valence-electron chi connectivity index (χ1n) is 9.52. The summed E-state index contributed by atoms with van der Waals surface area (Å²) in [5.74, 6) is 0. The molecule has 2 aromatic carbocycles. The molecule has 1 saturated heterocycles. The van der Waals surface area contributed by atoms with E-state index in [1.54, 1.807) is 30.9 Å². The first kappa shape index (κ1) is 19.9. The van der Waals surface area contributed by atoms with E-state index in [0.717, 1.165) is 11.1 Å². The minimum atomic E-state index is -0.975. The zero-order valence-corrected chi connectivity index (χ0v) is 16.6. The first-order chi connectivity index (χ1) is 13.2. The summed E-state index contributed by atoms with van der Waals surface area (Å²) in [6.45, 7) is 5.94. The number of nitrogens with zero attached hydrogens (tertiary/aromatic N) is 2. The molecular formula is C23H26N2O3. The van der Waals surface area contributed by atoms with Gasteiger partial charge in [0.15, 0.2) is 0 Å². The molecule has 2 aromatic rings. The molecule has 146 valence electrons. The van der Waals surface area contributed by atoms with Crippen LogP contribution in [0.3, 0.4) is 0 Å². The third kappa shape index (κ3) is 4.18. The summed E-state index contributed by atoms with van der Waals surface area (Å²) in [5, 5.41) is 19.4. The molecule has 0 aromatic heterocycles. The highest BCUT2D eigenvalue weighted by atomic mass is 16.6. The van der Waals surface area contributed by atoms with Crippen molar-refractivity contribution < 1.29 is 14.6 Å². The maximum Gasteiger partial charge on any atom is 0.411 e. The molecule has 1 fully saturated rings. The number of nitriles is 1. The fourth-order valence-corrected chi connectivity index (χ4v) is 3.91. The SMILES string of the molecule is CC(c1ccc(C#N)cc1)N1CCC(CC(C)(C)O)(c2ccccc2)OC1=O. The molecule has 1 aliphatic heterocycles. The average Bonchev–Trinajstić information content (AvgIpc) is 2.67. The zero-order chi connectivity index (χ0) is 20.4. The fraction of sp³-hybridized carbons (Fsp3) is 0.391. The smallest absolute Gasteiger partial charge is 0.411 e. The molecule has 3 rings (SSSR count). The Labute approximate surface area is 166 Å². The van der Waals surface area contributed by atoms with E-state index in [0.29, 0.717) is 24.9 Å². The van der Waals surface area contributed by atoms with Gasteiger partial charge in [0.2, 0.25) is 0 Å². The Morgan fingerprint density at radius 3 is 2.39 bits per heavy atom. The van der Waals surface area contributed by atoms with Crippen LogP contribution in [0.5, 0.6) is 0 Å². The second kappa shape index (κ2) is 7.65. The number of rotatable bonds is 5. The number of carbonyl (C=O) groups excluding carboxylic acids is 1. The quantitative estimate of drug-likeness (QED) is 0.830. The number of aliphatic hydroxyl groups is 1. The van der Waals surface area contributed by atoms with E-state index >= 15 is 0 Å². The molecule has 0 radical (unpaired) electrons. The van der Waals surface area contributed by atoms with Gasteiger partial charge in [0.25, 0.3) is 0 Å². The van der Waals surface area contributed by atoms with Crippen molar-refractivity contribution in [2.75, 3.05) is 6.54 Å². The van der Waals surface area contributed by atoms with Crippen LogP contribution in [0.2, 0.25) is 0 Å². The standard InChI is InChI=1S/C23H26N2O3/c1-17(19-11-9-18(15-24)10-12-19)25-14-13-23(28-21(25)26,16-22(2,3)27)20-7-5-4-6-8-20/h4-12,17,27H,13-14,16H2,1-3H3. The summed E-state index contributed by atoms with van der Waals surface area (Å²) in [4.78, 5) is 14.7. The Kier molecular flexibility index (Phi) is 5.44. The highest BCUT2D eigenvalue weighted by Gasteiger charge is 2.46. The van der Waals surface area contributed by atoms with Gasteiger partial charge < -0.3 is 14.7 Å². The van der Waals surface area contributed by atoms with Crippen LogP contribution >= 0.6 is 0 Å². The van der Waals surface area contributed by atoms with Gasteiger partial charge in [0.1, 0.15) is 5.60 Å². The Hall–Kier alpha value is -2.84. The maximum atomic E-state index is 13.0. The van der Waals surface area contributed by atoms with E-state index in [9.17, 15) is 9.90 Å². The van der Waals surface area contributed by atoms with Crippen LogP contribution in [0.1, 0.15) is 56.3 Å². The Bertz CT molecular complexity index is 865. The van der Waals surface area contributed by atoms with Crippen LogP contribution in [0.15, 0.2) is 54.6 Å². The third-order valence-corrected chi connectivity index (χ3v) is 5.28. The van der Waals surface area contributed by atoms with Crippen LogP contribution in [0.4, 0.5) is 4.79 Å². The predicted molar refractivity (Wildman–Crippen MR) is 106 cm³/mol. The Morgan fingerprint density at radius 2 is 1.86 bits per heavy atom. The number of amides is 1. The molecule has 0 bridgehead atoms. The van der Waals surface area contributed by atoms with Crippen LogP contribution in [-0.2, 0) is 10.3 Å². The van der Waals surface area contributed by atoms with Crippen molar-refractivity contribution in [1.29, 1.82) is 5.26 Å².